The fourth-order valence-corrected chi connectivity index (χ4v) is 2.01. The Hall–Kier alpha value is -1.61. The van der Waals surface area contributed by atoms with Gasteiger partial charge in [-0.05, 0) is 44.2 Å². The number of ketones is 1. The van der Waals surface area contributed by atoms with E-state index >= 15 is 0 Å². The monoisotopic (exact) mass is 262 g/mol. The molecule has 0 aliphatic heterocycles. The van der Waals surface area contributed by atoms with Crippen LogP contribution in [0.25, 0.3) is 0 Å². The van der Waals surface area contributed by atoms with Crippen LogP contribution in [-0.4, -0.2) is 15.6 Å². The van der Waals surface area contributed by atoms with E-state index in [2.05, 4.69) is 5.10 Å². The summed E-state index contributed by atoms with van der Waals surface area (Å²) in [5.41, 5.74) is 2.75. The van der Waals surface area contributed by atoms with Gasteiger partial charge >= 0.3 is 0 Å². The number of carbonyl (C=O) groups excluding carboxylic acids is 1. The summed E-state index contributed by atoms with van der Waals surface area (Å²) < 4.78 is 1.86. The Morgan fingerprint density at radius 2 is 1.94 bits per heavy atom. The van der Waals surface area contributed by atoms with Crippen LogP contribution in [0.3, 0.4) is 0 Å². The Kier molecular flexibility index (Phi) is 3.82. The highest BCUT2D eigenvalue weighted by Crippen LogP contribution is 2.12. The molecule has 0 saturated carbocycles. The van der Waals surface area contributed by atoms with Crippen LogP contribution < -0.4 is 0 Å². The Morgan fingerprint density at radius 1 is 1.28 bits per heavy atom. The van der Waals surface area contributed by atoms with E-state index in [0.717, 1.165) is 11.4 Å². The van der Waals surface area contributed by atoms with Crippen molar-refractivity contribution in [3.8, 4) is 0 Å². The molecule has 94 valence electrons. The number of hydrogen-bond donors (Lipinski definition) is 0. The number of Topliss-reactive ketones (excluding diaryl/α,β-unsaturated/α-hetero) is 1. The predicted molar refractivity (Wildman–Crippen MR) is 72.1 cm³/mol. The zero-order valence-electron chi connectivity index (χ0n) is 10.5. The number of benzene rings is 1. The van der Waals surface area contributed by atoms with Crippen molar-refractivity contribution in [3.05, 3.63) is 52.3 Å². The van der Waals surface area contributed by atoms with Crippen LogP contribution in [0.2, 0.25) is 5.02 Å². The number of aryl methyl sites for hydroxylation is 3. The van der Waals surface area contributed by atoms with Crippen LogP contribution >= 0.6 is 11.6 Å². The Balaban J connectivity index is 2.00. The summed E-state index contributed by atoms with van der Waals surface area (Å²) in [6, 6.07) is 8.99. The van der Waals surface area contributed by atoms with Gasteiger partial charge in [0.25, 0.3) is 0 Å². The molecule has 0 aliphatic carbocycles. The van der Waals surface area contributed by atoms with Crippen LogP contribution in [0, 0.1) is 13.8 Å². The molecule has 0 bridgehead atoms. The first-order chi connectivity index (χ1) is 8.56. The Morgan fingerprint density at radius 3 is 2.50 bits per heavy atom. The molecule has 0 fully saturated rings. The summed E-state index contributed by atoms with van der Waals surface area (Å²) in [5.74, 6) is 0.110. The average Bonchev–Trinajstić information content (AvgIpc) is 2.66. The molecule has 0 spiro atoms. The van der Waals surface area contributed by atoms with Crippen molar-refractivity contribution < 1.29 is 4.79 Å². The van der Waals surface area contributed by atoms with Crippen molar-refractivity contribution in [2.75, 3.05) is 0 Å². The van der Waals surface area contributed by atoms with Crippen molar-refractivity contribution in [1.29, 1.82) is 0 Å². The van der Waals surface area contributed by atoms with Crippen LogP contribution in [0.5, 0.6) is 0 Å². The second-order valence-electron chi connectivity index (χ2n) is 4.33. The normalized spacial score (nSPS) is 10.6. The summed E-state index contributed by atoms with van der Waals surface area (Å²) in [7, 11) is 0. The molecular weight excluding hydrogens is 248 g/mol. The van der Waals surface area contributed by atoms with Crippen molar-refractivity contribution >= 4 is 17.4 Å². The number of aromatic nitrogens is 2. The van der Waals surface area contributed by atoms with Crippen molar-refractivity contribution in [2.45, 2.75) is 26.8 Å². The zero-order valence-corrected chi connectivity index (χ0v) is 11.2. The van der Waals surface area contributed by atoms with Crippen molar-refractivity contribution in [2.24, 2.45) is 0 Å². The second kappa shape index (κ2) is 5.36. The first-order valence-corrected chi connectivity index (χ1v) is 6.24. The molecule has 4 heteroatoms. The smallest absolute Gasteiger partial charge is 0.164 e. The first-order valence-electron chi connectivity index (χ1n) is 5.86. The van der Waals surface area contributed by atoms with Crippen LogP contribution in [0.15, 0.2) is 30.3 Å². The maximum atomic E-state index is 12.0. The molecule has 2 aromatic rings. The number of halogens is 1. The van der Waals surface area contributed by atoms with E-state index < -0.39 is 0 Å². The van der Waals surface area contributed by atoms with Gasteiger partial charge in [0.15, 0.2) is 5.78 Å². The van der Waals surface area contributed by atoms with E-state index in [4.69, 9.17) is 11.6 Å². The highest BCUT2D eigenvalue weighted by atomic mass is 35.5. The quantitative estimate of drug-likeness (QED) is 0.792. The first kappa shape index (κ1) is 12.8. The van der Waals surface area contributed by atoms with E-state index in [0.29, 0.717) is 23.6 Å². The fourth-order valence-electron chi connectivity index (χ4n) is 1.89. The molecule has 0 saturated heterocycles. The number of nitrogens with zero attached hydrogens (tertiary/aromatic N) is 2. The highest BCUT2D eigenvalue weighted by Gasteiger charge is 2.07. The zero-order chi connectivity index (χ0) is 13.1. The third-order valence-electron chi connectivity index (χ3n) is 2.82. The Labute approximate surface area is 111 Å². The van der Waals surface area contributed by atoms with Gasteiger partial charge in [-0.1, -0.05) is 11.6 Å². The second-order valence-corrected chi connectivity index (χ2v) is 4.77. The summed E-state index contributed by atoms with van der Waals surface area (Å²) in [4.78, 5) is 12.0. The molecule has 1 aromatic carbocycles. The molecule has 0 N–H and O–H groups in total. The topological polar surface area (TPSA) is 34.9 Å². The largest absolute Gasteiger partial charge is 0.294 e. The lowest BCUT2D eigenvalue weighted by molar-refractivity contribution is 0.0975. The van der Waals surface area contributed by atoms with Crippen LogP contribution in [0.4, 0.5) is 0 Å². The van der Waals surface area contributed by atoms with Gasteiger partial charge in [0.05, 0.1) is 5.69 Å². The standard InChI is InChI=1S/C14H15ClN2O/c1-10-9-11(2)17(16-10)8-7-14(18)12-3-5-13(15)6-4-12/h3-6,9H,7-8H2,1-2H3. The van der Waals surface area contributed by atoms with Gasteiger partial charge in [-0.2, -0.15) is 5.10 Å². The maximum Gasteiger partial charge on any atom is 0.164 e. The van der Waals surface area contributed by atoms with Gasteiger partial charge in [-0.15, -0.1) is 0 Å². The maximum absolute atomic E-state index is 12.0. The van der Waals surface area contributed by atoms with Gasteiger partial charge in [-0.25, -0.2) is 0 Å². The molecule has 1 heterocycles. The molecule has 3 nitrogen and oxygen atoms in total. The molecule has 0 unspecified atom stereocenters. The lowest BCUT2D eigenvalue weighted by atomic mass is 10.1. The van der Waals surface area contributed by atoms with Gasteiger partial charge in [0.1, 0.15) is 0 Å². The molecule has 18 heavy (non-hydrogen) atoms. The third-order valence-corrected chi connectivity index (χ3v) is 3.07. The lowest BCUT2D eigenvalue weighted by Crippen LogP contribution is -2.08. The summed E-state index contributed by atoms with van der Waals surface area (Å²) in [5, 5.41) is 4.98. The number of carbonyl (C=O) groups is 1. The minimum atomic E-state index is 0.110. The third kappa shape index (κ3) is 2.99. The van der Waals surface area contributed by atoms with Gasteiger partial charge in [0, 0.05) is 29.2 Å². The van der Waals surface area contributed by atoms with Gasteiger partial charge in [0.2, 0.25) is 0 Å². The molecule has 1 aromatic heterocycles. The SMILES string of the molecule is Cc1cc(C)n(CCC(=O)c2ccc(Cl)cc2)n1. The van der Waals surface area contributed by atoms with Crippen LogP contribution in [0.1, 0.15) is 28.2 Å². The van der Waals surface area contributed by atoms with Gasteiger partial charge < -0.3 is 0 Å². The van der Waals surface area contributed by atoms with Crippen molar-refractivity contribution in [1.82, 2.24) is 9.78 Å². The molecule has 0 atom stereocenters. The van der Waals surface area contributed by atoms with E-state index in [9.17, 15) is 4.79 Å². The average molecular weight is 263 g/mol. The van der Waals surface area contributed by atoms with E-state index in [1.54, 1.807) is 24.3 Å². The van der Waals surface area contributed by atoms with E-state index in [1.165, 1.54) is 0 Å². The molecule has 0 aliphatic rings. The fraction of sp³-hybridized carbons (Fsp3) is 0.286. The predicted octanol–water partition coefficient (Wildman–Crippen LogP) is 3.43. The molecule has 2 rings (SSSR count). The van der Waals surface area contributed by atoms with E-state index in [-0.39, 0.29) is 5.78 Å². The molecule has 0 radical (unpaired) electrons. The summed E-state index contributed by atoms with van der Waals surface area (Å²) in [6.45, 7) is 4.55. The highest BCUT2D eigenvalue weighted by molar-refractivity contribution is 6.30. The number of rotatable bonds is 4. The summed E-state index contributed by atoms with van der Waals surface area (Å²) >= 11 is 5.79. The van der Waals surface area contributed by atoms with Crippen LogP contribution in [-0.2, 0) is 6.54 Å². The minimum absolute atomic E-state index is 0.110. The Bertz CT molecular complexity index is 558. The van der Waals surface area contributed by atoms with Crippen molar-refractivity contribution in [3.63, 3.8) is 0 Å². The lowest BCUT2D eigenvalue weighted by Gasteiger charge is -2.04. The molecule has 0 amide bonds. The minimum Gasteiger partial charge on any atom is -0.294 e. The van der Waals surface area contributed by atoms with Gasteiger partial charge in [-0.3, -0.25) is 9.48 Å². The number of hydrogen-bond acceptors (Lipinski definition) is 2. The molecular formula is C14H15ClN2O. The van der Waals surface area contributed by atoms with E-state index in [1.807, 2.05) is 24.6 Å². The summed E-state index contributed by atoms with van der Waals surface area (Å²) in [6.07, 6.45) is 0.448.